The van der Waals surface area contributed by atoms with Crippen molar-refractivity contribution in [2.24, 2.45) is 11.8 Å². The monoisotopic (exact) mass is 188 g/mol. The third-order valence-corrected chi connectivity index (χ3v) is 2.90. The van der Waals surface area contributed by atoms with Crippen molar-refractivity contribution in [3.8, 4) is 0 Å². The number of hydrogen-bond acceptors (Lipinski definition) is 4. The van der Waals surface area contributed by atoms with Gasteiger partial charge in [0.05, 0.1) is 6.61 Å². The van der Waals surface area contributed by atoms with Gasteiger partial charge in [0, 0.05) is 29.3 Å². The standard InChI is InChI=1S/C8H16N2O3/c1-5-3-9-7(4-11)6(2)8(5)10(12)13/h5-9,11H,3-4H2,1-2H3. The van der Waals surface area contributed by atoms with Crippen LogP contribution in [0.2, 0.25) is 0 Å². The smallest absolute Gasteiger partial charge is 0.220 e. The first-order valence-electron chi connectivity index (χ1n) is 4.55. The Labute approximate surface area is 77.3 Å². The Kier molecular flexibility index (Phi) is 3.22. The number of nitrogens with one attached hydrogen (secondary N) is 1. The van der Waals surface area contributed by atoms with Crippen LogP contribution in [-0.4, -0.2) is 35.3 Å². The summed E-state index contributed by atoms with van der Waals surface area (Å²) in [6.07, 6.45) is 0. The SMILES string of the molecule is CC1CNC(CO)C(C)C1[N+](=O)[O-]. The number of piperidine rings is 1. The van der Waals surface area contributed by atoms with E-state index in [1.54, 1.807) is 0 Å². The number of rotatable bonds is 2. The van der Waals surface area contributed by atoms with Crippen LogP contribution >= 0.6 is 0 Å². The van der Waals surface area contributed by atoms with E-state index in [-0.39, 0.29) is 29.4 Å². The molecular weight excluding hydrogens is 172 g/mol. The fraction of sp³-hybridized carbons (Fsp3) is 1.00. The highest BCUT2D eigenvalue weighted by Crippen LogP contribution is 2.23. The van der Waals surface area contributed by atoms with Gasteiger partial charge in [-0.1, -0.05) is 13.8 Å². The normalized spacial score (nSPS) is 40.2. The maximum Gasteiger partial charge on any atom is 0.220 e. The minimum absolute atomic E-state index is 0.0295. The Morgan fingerprint density at radius 1 is 1.62 bits per heavy atom. The molecule has 1 heterocycles. The highest BCUT2D eigenvalue weighted by molar-refractivity contribution is 4.87. The first-order chi connectivity index (χ1) is 6.07. The average Bonchev–Trinajstić information content (AvgIpc) is 2.04. The number of nitrogens with zero attached hydrogens (tertiary/aromatic N) is 1. The van der Waals surface area contributed by atoms with E-state index in [0.717, 1.165) is 0 Å². The summed E-state index contributed by atoms with van der Waals surface area (Å²) in [5.74, 6) is -0.0726. The van der Waals surface area contributed by atoms with Crippen molar-refractivity contribution >= 4 is 0 Å². The minimum Gasteiger partial charge on any atom is -0.395 e. The molecule has 1 fully saturated rings. The molecule has 13 heavy (non-hydrogen) atoms. The molecule has 1 aliphatic heterocycles. The maximum atomic E-state index is 10.7. The topological polar surface area (TPSA) is 75.4 Å². The fourth-order valence-electron chi connectivity index (χ4n) is 2.03. The fourth-order valence-corrected chi connectivity index (χ4v) is 2.03. The van der Waals surface area contributed by atoms with Gasteiger partial charge < -0.3 is 10.4 Å². The second kappa shape index (κ2) is 4.02. The Bertz CT molecular complexity index is 198. The largest absolute Gasteiger partial charge is 0.395 e. The molecule has 0 amide bonds. The van der Waals surface area contributed by atoms with Crippen LogP contribution in [0.3, 0.4) is 0 Å². The number of aliphatic hydroxyl groups is 1. The van der Waals surface area contributed by atoms with E-state index in [1.165, 1.54) is 0 Å². The highest BCUT2D eigenvalue weighted by Gasteiger charge is 2.41. The van der Waals surface area contributed by atoms with Crippen molar-refractivity contribution in [2.75, 3.05) is 13.2 Å². The van der Waals surface area contributed by atoms with Crippen molar-refractivity contribution in [1.29, 1.82) is 0 Å². The molecule has 4 unspecified atom stereocenters. The summed E-state index contributed by atoms with van der Waals surface area (Å²) < 4.78 is 0. The van der Waals surface area contributed by atoms with Crippen LogP contribution in [-0.2, 0) is 0 Å². The second-order valence-corrected chi connectivity index (χ2v) is 3.81. The molecule has 76 valence electrons. The van der Waals surface area contributed by atoms with E-state index in [4.69, 9.17) is 5.11 Å². The zero-order valence-electron chi connectivity index (χ0n) is 7.93. The molecule has 0 aliphatic carbocycles. The molecule has 1 aliphatic rings. The quantitative estimate of drug-likeness (QED) is 0.467. The molecule has 0 radical (unpaired) electrons. The van der Waals surface area contributed by atoms with Crippen LogP contribution in [0.15, 0.2) is 0 Å². The minimum atomic E-state index is -0.529. The molecule has 4 atom stereocenters. The van der Waals surface area contributed by atoms with Gasteiger partial charge in [-0.05, 0) is 0 Å². The first-order valence-corrected chi connectivity index (χ1v) is 4.55. The third kappa shape index (κ3) is 1.97. The van der Waals surface area contributed by atoms with Gasteiger partial charge in [0.15, 0.2) is 0 Å². The van der Waals surface area contributed by atoms with E-state index >= 15 is 0 Å². The molecular formula is C8H16N2O3. The maximum absolute atomic E-state index is 10.7. The van der Waals surface area contributed by atoms with E-state index < -0.39 is 6.04 Å². The molecule has 0 spiro atoms. The van der Waals surface area contributed by atoms with Crippen LogP contribution in [0.5, 0.6) is 0 Å². The van der Waals surface area contributed by atoms with Crippen LogP contribution in [0.25, 0.3) is 0 Å². The summed E-state index contributed by atoms with van der Waals surface area (Å²) in [6.45, 7) is 4.26. The van der Waals surface area contributed by atoms with Crippen LogP contribution < -0.4 is 5.32 Å². The number of nitro groups is 1. The predicted octanol–water partition coefficient (Wildman–Crippen LogP) is -0.132. The Morgan fingerprint density at radius 3 is 2.69 bits per heavy atom. The number of aliphatic hydroxyl groups excluding tert-OH is 1. The van der Waals surface area contributed by atoms with E-state index in [1.807, 2.05) is 13.8 Å². The zero-order valence-corrected chi connectivity index (χ0v) is 7.93. The van der Waals surface area contributed by atoms with E-state index in [2.05, 4.69) is 5.32 Å². The molecule has 5 nitrogen and oxygen atoms in total. The van der Waals surface area contributed by atoms with Gasteiger partial charge >= 0.3 is 0 Å². The second-order valence-electron chi connectivity index (χ2n) is 3.81. The lowest BCUT2D eigenvalue weighted by Gasteiger charge is -2.34. The van der Waals surface area contributed by atoms with Crippen molar-refractivity contribution in [3.63, 3.8) is 0 Å². The van der Waals surface area contributed by atoms with Gasteiger partial charge in [-0.15, -0.1) is 0 Å². The Hall–Kier alpha value is -0.680. The van der Waals surface area contributed by atoms with Crippen LogP contribution in [0.4, 0.5) is 0 Å². The molecule has 0 bridgehead atoms. The lowest BCUT2D eigenvalue weighted by Crippen LogP contribution is -2.55. The van der Waals surface area contributed by atoms with Gasteiger partial charge in [0.2, 0.25) is 6.04 Å². The predicted molar refractivity (Wildman–Crippen MR) is 48.0 cm³/mol. The van der Waals surface area contributed by atoms with Crippen molar-refractivity contribution in [2.45, 2.75) is 25.9 Å². The van der Waals surface area contributed by atoms with Crippen molar-refractivity contribution < 1.29 is 10.0 Å². The van der Waals surface area contributed by atoms with E-state index in [9.17, 15) is 10.1 Å². The molecule has 1 saturated heterocycles. The molecule has 2 N–H and O–H groups in total. The molecule has 0 saturated carbocycles. The summed E-state index contributed by atoms with van der Waals surface area (Å²) in [4.78, 5) is 10.5. The van der Waals surface area contributed by atoms with Crippen molar-refractivity contribution in [1.82, 2.24) is 5.32 Å². The molecule has 0 aromatic heterocycles. The highest BCUT2D eigenvalue weighted by atomic mass is 16.6. The van der Waals surface area contributed by atoms with Crippen LogP contribution in [0.1, 0.15) is 13.8 Å². The molecule has 0 aromatic carbocycles. The summed E-state index contributed by atoms with van der Waals surface area (Å²) in [5.41, 5.74) is 0. The zero-order chi connectivity index (χ0) is 10.0. The van der Waals surface area contributed by atoms with Crippen LogP contribution in [0, 0.1) is 22.0 Å². The van der Waals surface area contributed by atoms with Gasteiger partial charge in [-0.3, -0.25) is 10.1 Å². The van der Waals surface area contributed by atoms with Crippen molar-refractivity contribution in [3.05, 3.63) is 10.1 Å². The summed E-state index contributed by atoms with van der Waals surface area (Å²) >= 11 is 0. The summed E-state index contributed by atoms with van der Waals surface area (Å²) in [7, 11) is 0. The lowest BCUT2D eigenvalue weighted by atomic mass is 9.82. The number of hydrogen-bond donors (Lipinski definition) is 2. The van der Waals surface area contributed by atoms with Gasteiger partial charge in [-0.2, -0.15) is 0 Å². The first kappa shape index (κ1) is 10.4. The molecule has 1 rings (SSSR count). The van der Waals surface area contributed by atoms with Gasteiger partial charge in [0.1, 0.15) is 0 Å². The Balaban J connectivity index is 2.71. The van der Waals surface area contributed by atoms with Gasteiger partial charge in [-0.25, -0.2) is 0 Å². The van der Waals surface area contributed by atoms with E-state index in [0.29, 0.717) is 6.54 Å². The summed E-state index contributed by atoms with van der Waals surface area (Å²) in [6, 6.07) is -0.662. The molecule has 5 heteroatoms. The summed E-state index contributed by atoms with van der Waals surface area (Å²) in [5, 5.41) is 22.8. The van der Waals surface area contributed by atoms with Gasteiger partial charge in [0.25, 0.3) is 0 Å². The molecule has 0 aromatic rings. The average molecular weight is 188 g/mol. The lowest BCUT2D eigenvalue weighted by molar-refractivity contribution is -0.544. The Morgan fingerprint density at radius 2 is 2.23 bits per heavy atom. The third-order valence-electron chi connectivity index (χ3n) is 2.90.